The molecule has 1 N–H and O–H groups in total. The zero-order valence-corrected chi connectivity index (χ0v) is 21.3. The van der Waals surface area contributed by atoms with E-state index >= 15 is 0 Å². The number of anilines is 1. The van der Waals surface area contributed by atoms with Gasteiger partial charge in [0.05, 0.1) is 28.7 Å². The van der Waals surface area contributed by atoms with Crippen LogP contribution in [0.25, 0.3) is 5.57 Å². The van der Waals surface area contributed by atoms with Crippen molar-refractivity contribution in [2.24, 2.45) is 7.05 Å². The molecule has 3 atom stereocenters. The Kier molecular flexibility index (Phi) is 8.18. The maximum Gasteiger partial charge on any atom is 0.268 e. The topological polar surface area (TPSA) is 99.5 Å². The molecule has 9 heteroatoms. The van der Waals surface area contributed by atoms with Gasteiger partial charge in [0.1, 0.15) is 17.7 Å². The summed E-state index contributed by atoms with van der Waals surface area (Å²) < 4.78 is 26.1. The minimum Gasteiger partial charge on any atom is -0.494 e. The van der Waals surface area contributed by atoms with Gasteiger partial charge in [-0.15, -0.1) is 0 Å². The molecule has 0 aliphatic heterocycles. The molecule has 4 rings (SSSR count). The average molecular weight is 500 g/mol. The van der Waals surface area contributed by atoms with Gasteiger partial charge in [0.25, 0.3) is 11.5 Å². The molecule has 0 spiro atoms. The molecule has 35 heavy (non-hydrogen) atoms. The Labute approximate surface area is 208 Å². The molecule has 8 nitrogen and oxygen atoms in total. The molecule has 2 aliphatic carbocycles. The van der Waals surface area contributed by atoms with Crippen LogP contribution in [0.5, 0.6) is 0 Å². The third kappa shape index (κ3) is 6.27. The van der Waals surface area contributed by atoms with E-state index in [4.69, 9.17) is 9.47 Å². The van der Waals surface area contributed by atoms with E-state index in [9.17, 15) is 13.8 Å². The second kappa shape index (κ2) is 11.3. The fraction of sp³-hybridized carbons (Fsp3) is 0.500. The fourth-order valence-electron chi connectivity index (χ4n) is 4.30. The van der Waals surface area contributed by atoms with Crippen molar-refractivity contribution in [3.63, 3.8) is 0 Å². The van der Waals surface area contributed by atoms with Gasteiger partial charge in [0.2, 0.25) is 0 Å². The maximum absolute atomic E-state index is 13.5. The van der Waals surface area contributed by atoms with E-state index < -0.39 is 10.8 Å². The largest absolute Gasteiger partial charge is 0.494 e. The Morgan fingerprint density at radius 1 is 1.14 bits per heavy atom. The number of hydrogen-bond acceptors (Lipinski definition) is 6. The van der Waals surface area contributed by atoms with Crippen molar-refractivity contribution < 1.29 is 18.5 Å². The summed E-state index contributed by atoms with van der Waals surface area (Å²) in [6.45, 7) is 4.61. The lowest BCUT2D eigenvalue weighted by atomic mass is 10.0. The molecule has 2 aromatic rings. The van der Waals surface area contributed by atoms with E-state index in [0.717, 1.165) is 37.0 Å². The molecule has 0 saturated heterocycles. The molecule has 1 amide bonds. The number of hydrogen-bond donors (Lipinski definition) is 1. The standard InChI is InChI=1S/C26H33N3O5S/c1-4-22(34-19-9-8-18(14-19)33-5-2)25(26(31)28-23-16-29(3)24(30)15-27-23)17-6-10-20(11-7-17)35(32)21-12-13-21/h6-7,10-11,15-16,18-19,21H,4-5,8-9,12-14H2,1-3H3,(H,28,31)/b25-22+/t18-,19-,35?/m1/s1. The van der Waals surface area contributed by atoms with E-state index in [2.05, 4.69) is 10.3 Å². The minimum absolute atomic E-state index is 0.0263. The Morgan fingerprint density at radius 2 is 1.86 bits per heavy atom. The van der Waals surface area contributed by atoms with Gasteiger partial charge in [0.15, 0.2) is 0 Å². The first-order chi connectivity index (χ1) is 16.9. The number of benzene rings is 1. The van der Waals surface area contributed by atoms with Crippen LogP contribution in [0.2, 0.25) is 0 Å². The highest BCUT2D eigenvalue weighted by Gasteiger charge is 2.30. The lowest BCUT2D eigenvalue weighted by molar-refractivity contribution is -0.111. The number of carbonyl (C=O) groups is 1. The van der Waals surface area contributed by atoms with Crippen LogP contribution in [0.4, 0.5) is 5.82 Å². The molecule has 1 aromatic carbocycles. The summed E-state index contributed by atoms with van der Waals surface area (Å²) in [5, 5.41) is 3.05. The first-order valence-corrected chi connectivity index (χ1v) is 13.5. The molecular formula is C26H33N3O5S. The average Bonchev–Trinajstić information content (AvgIpc) is 3.61. The highest BCUT2D eigenvalue weighted by molar-refractivity contribution is 7.86. The summed E-state index contributed by atoms with van der Waals surface area (Å²) in [6, 6.07) is 7.32. The van der Waals surface area contributed by atoms with Gasteiger partial charge in [-0.1, -0.05) is 19.1 Å². The van der Waals surface area contributed by atoms with Crippen LogP contribution < -0.4 is 10.9 Å². The number of rotatable bonds is 10. The monoisotopic (exact) mass is 499 g/mol. The third-order valence-electron chi connectivity index (χ3n) is 6.30. The van der Waals surface area contributed by atoms with Crippen LogP contribution in [0.1, 0.15) is 57.9 Å². The van der Waals surface area contributed by atoms with Crippen LogP contribution in [0, 0.1) is 0 Å². The van der Waals surface area contributed by atoms with E-state index in [0.29, 0.717) is 29.9 Å². The summed E-state index contributed by atoms with van der Waals surface area (Å²) in [4.78, 5) is 30.0. The van der Waals surface area contributed by atoms with Crippen molar-refractivity contribution in [1.82, 2.24) is 9.55 Å². The predicted octanol–water partition coefficient (Wildman–Crippen LogP) is 3.78. The summed E-state index contributed by atoms with van der Waals surface area (Å²) in [6.07, 6.45) is 7.89. The summed E-state index contributed by atoms with van der Waals surface area (Å²) in [5.74, 6) is 0.489. The molecule has 188 valence electrons. The number of ether oxygens (including phenoxy) is 2. The number of carbonyl (C=O) groups excluding carboxylic acids is 1. The van der Waals surface area contributed by atoms with E-state index in [1.807, 2.05) is 38.1 Å². The first kappa shape index (κ1) is 25.3. The number of amides is 1. The first-order valence-electron chi connectivity index (χ1n) is 12.3. The zero-order valence-electron chi connectivity index (χ0n) is 20.5. The molecule has 1 unspecified atom stereocenters. The Hall–Kier alpha value is -2.78. The predicted molar refractivity (Wildman–Crippen MR) is 135 cm³/mol. The van der Waals surface area contributed by atoms with E-state index in [-0.39, 0.29) is 34.7 Å². The quantitative estimate of drug-likeness (QED) is 0.395. The van der Waals surface area contributed by atoms with E-state index in [1.54, 1.807) is 7.05 Å². The lowest BCUT2D eigenvalue weighted by Gasteiger charge is -2.20. The van der Waals surface area contributed by atoms with Gasteiger partial charge in [-0.05, 0) is 50.3 Å². The van der Waals surface area contributed by atoms with Crippen molar-refractivity contribution in [3.8, 4) is 0 Å². The summed E-state index contributed by atoms with van der Waals surface area (Å²) in [7, 11) is 0.583. The fourth-order valence-corrected chi connectivity index (χ4v) is 5.66. The van der Waals surface area contributed by atoms with Crippen LogP contribution in [0.3, 0.4) is 0 Å². The van der Waals surface area contributed by atoms with Crippen LogP contribution in [0.15, 0.2) is 52.1 Å². The highest BCUT2D eigenvalue weighted by Crippen LogP contribution is 2.33. The summed E-state index contributed by atoms with van der Waals surface area (Å²) in [5.41, 5.74) is 0.826. The van der Waals surface area contributed by atoms with Crippen molar-refractivity contribution in [1.29, 1.82) is 0 Å². The van der Waals surface area contributed by atoms with Gasteiger partial charge in [0, 0.05) is 42.8 Å². The van der Waals surface area contributed by atoms with Crippen LogP contribution in [-0.4, -0.2) is 43.7 Å². The van der Waals surface area contributed by atoms with Gasteiger partial charge in [-0.25, -0.2) is 4.98 Å². The molecule has 2 saturated carbocycles. The molecule has 0 radical (unpaired) electrons. The van der Waals surface area contributed by atoms with Gasteiger partial charge < -0.3 is 19.4 Å². The second-order valence-electron chi connectivity index (χ2n) is 8.98. The Morgan fingerprint density at radius 3 is 2.49 bits per heavy atom. The van der Waals surface area contributed by atoms with Gasteiger partial charge >= 0.3 is 0 Å². The number of aromatic nitrogens is 2. The Balaban J connectivity index is 1.64. The second-order valence-corrected chi connectivity index (χ2v) is 10.7. The van der Waals surface area contributed by atoms with E-state index in [1.165, 1.54) is 17.0 Å². The molecular weight excluding hydrogens is 466 g/mol. The molecule has 2 aliphatic rings. The molecule has 1 aromatic heterocycles. The van der Waals surface area contributed by atoms with Crippen molar-refractivity contribution in [3.05, 3.63) is 58.3 Å². The van der Waals surface area contributed by atoms with Gasteiger partial charge in [-0.2, -0.15) is 0 Å². The third-order valence-corrected chi connectivity index (χ3v) is 8.11. The maximum atomic E-state index is 13.5. The number of nitrogens with zero attached hydrogens (tertiary/aromatic N) is 2. The molecule has 1 heterocycles. The normalized spacial score (nSPS) is 21.3. The van der Waals surface area contributed by atoms with Crippen LogP contribution >= 0.6 is 0 Å². The van der Waals surface area contributed by atoms with Crippen molar-refractivity contribution in [2.75, 3.05) is 11.9 Å². The van der Waals surface area contributed by atoms with Gasteiger partial charge in [-0.3, -0.25) is 13.8 Å². The highest BCUT2D eigenvalue weighted by atomic mass is 32.2. The smallest absolute Gasteiger partial charge is 0.268 e. The van der Waals surface area contributed by atoms with Crippen LogP contribution in [-0.2, 0) is 32.1 Å². The SMILES string of the molecule is CCO[C@@H]1CC[C@@H](O/C(CC)=C(/C(=O)Nc2cn(C)c(=O)cn2)c2ccc(S(=O)C3CC3)cc2)C1. The molecule has 0 bridgehead atoms. The lowest BCUT2D eigenvalue weighted by Crippen LogP contribution is -2.22. The Bertz CT molecular complexity index is 1170. The van der Waals surface area contributed by atoms with Crippen molar-refractivity contribution in [2.45, 2.75) is 74.7 Å². The number of allylic oxidation sites excluding steroid dienone is 1. The molecule has 2 fully saturated rings. The minimum atomic E-state index is -1.02. The number of aryl methyl sites for hydroxylation is 1. The summed E-state index contributed by atoms with van der Waals surface area (Å²) >= 11 is 0. The number of nitrogens with one attached hydrogen (secondary N) is 1. The van der Waals surface area contributed by atoms with Crippen molar-refractivity contribution >= 4 is 28.1 Å². The zero-order chi connectivity index (χ0) is 24.9.